The molecule has 10 heteroatoms. The normalized spacial score (nSPS) is 20.5. The van der Waals surface area contributed by atoms with Crippen LogP contribution in [-0.2, 0) is 19.1 Å². The van der Waals surface area contributed by atoms with Crippen LogP contribution in [-0.4, -0.2) is 52.9 Å². The van der Waals surface area contributed by atoms with Gasteiger partial charge in [-0.25, -0.2) is 9.59 Å². The zero-order chi connectivity index (χ0) is 17.9. The first kappa shape index (κ1) is 17.7. The Bertz CT molecular complexity index is 584. The summed E-state index contributed by atoms with van der Waals surface area (Å²) in [6, 6.07) is -1.72. The van der Waals surface area contributed by atoms with Gasteiger partial charge >= 0.3 is 18.0 Å². The van der Waals surface area contributed by atoms with E-state index in [1.807, 2.05) is 0 Å². The number of amides is 6. The Kier molecular flexibility index (Phi) is 5.05. The lowest BCUT2D eigenvalue weighted by atomic mass is 9.82. The van der Waals surface area contributed by atoms with E-state index in [0.29, 0.717) is 12.8 Å². The van der Waals surface area contributed by atoms with Crippen molar-refractivity contribution in [2.24, 2.45) is 5.73 Å². The maximum atomic E-state index is 12.5. The Morgan fingerprint density at radius 3 is 2.50 bits per heavy atom. The van der Waals surface area contributed by atoms with E-state index in [4.69, 9.17) is 10.5 Å². The van der Waals surface area contributed by atoms with E-state index in [-0.39, 0.29) is 0 Å². The first-order valence-corrected chi connectivity index (χ1v) is 7.69. The van der Waals surface area contributed by atoms with Crippen molar-refractivity contribution in [1.82, 2.24) is 15.5 Å². The number of nitrogens with two attached hydrogens (primary N) is 1. The van der Waals surface area contributed by atoms with Crippen LogP contribution in [0.15, 0.2) is 0 Å². The molecule has 1 heterocycles. The van der Waals surface area contributed by atoms with Crippen molar-refractivity contribution in [1.29, 1.82) is 0 Å². The number of hydrogen-bond acceptors (Lipinski definition) is 6. The minimum atomic E-state index is -1.28. The molecule has 0 bridgehead atoms. The van der Waals surface area contributed by atoms with E-state index in [0.717, 1.165) is 24.2 Å². The summed E-state index contributed by atoms with van der Waals surface area (Å²) in [7, 11) is 0. The highest BCUT2D eigenvalue weighted by Gasteiger charge is 2.51. The molecule has 1 saturated heterocycles. The molecule has 132 valence electrons. The highest BCUT2D eigenvalue weighted by Crippen LogP contribution is 2.33. The highest BCUT2D eigenvalue weighted by atomic mass is 16.5. The minimum Gasteiger partial charge on any atom is -0.451 e. The molecule has 1 aliphatic carbocycles. The molecule has 1 unspecified atom stereocenters. The average molecular weight is 340 g/mol. The quantitative estimate of drug-likeness (QED) is 0.458. The molecule has 0 aromatic carbocycles. The molecule has 1 spiro atoms. The number of carbonyl (C=O) groups excluding carboxylic acids is 5. The molecule has 1 saturated carbocycles. The second-order valence-corrected chi connectivity index (χ2v) is 5.95. The van der Waals surface area contributed by atoms with Crippen LogP contribution < -0.4 is 16.4 Å². The minimum absolute atomic E-state index is 0.446. The average Bonchev–Trinajstić information content (AvgIpc) is 2.71. The van der Waals surface area contributed by atoms with Crippen LogP contribution in [0.1, 0.15) is 39.0 Å². The number of rotatable bonds is 4. The van der Waals surface area contributed by atoms with Gasteiger partial charge in [-0.15, -0.1) is 0 Å². The maximum absolute atomic E-state index is 12.5. The fraction of sp³-hybridized carbons (Fsp3) is 0.643. The predicted octanol–water partition coefficient (Wildman–Crippen LogP) is -0.632. The molecule has 1 aliphatic heterocycles. The number of primary amides is 1. The molecule has 0 aromatic rings. The lowest BCUT2D eigenvalue weighted by Crippen LogP contribution is -2.48. The first-order valence-electron chi connectivity index (χ1n) is 7.69. The second-order valence-electron chi connectivity index (χ2n) is 5.95. The van der Waals surface area contributed by atoms with E-state index in [2.05, 4.69) is 5.32 Å². The summed E-state index contributed by atoms with van der Waals surface area (Å²) in [5.74, 6) is -2.27. The molecule has 1 atom stereocenters. The van der Waals surface area contributed by atoms with Gasteiger partial charge in [-0.3, -0.25) is 24.6 Å². The van der Waals surface area contributed by atoms with E-state index < -0.39 is 48.0 Å². The molecule has 2 aliphatic rings. The van der Waals surface area contributed by atoms with Crippen molar-refractivity contribution in [2.45, 2.75) is 50.7 Å². The van der Waals surface area contributed by atoms with E-state index in [9.17, 15) is 24.0 Å². The van der Waals surface area contributed by atoms with Crippen molar-refractivity contribution < 1.29 is 28.7 Å². The molecule has 0 aromatic heterocycles. The lowest BCUT2D eigenvalue weighted by Gasteiger charge is -2.30. The Morgan fingerprint density at radius 1 is 1.29 bits per heavy atom. The highest BCUT2D eigenvalue weighted by molar-refractivity contribution is 6.08. The van der Waals surface area contributed by atoms with Gasteiger partial charge in [-0.2, -0.15) is 0 Å². The number of imide groups is 2. The molecule has 24 heavy (non-hydrogen) atoms. The molecule has 6 amide bonds. The number of urea groups is 2. The number of nitrogens with one attached hydrogen (secondary N) is 2. The summed E-state index contributed by atoms with van der Waals surface area (Å²) in [5.41, 5.74) is 3.87. The maximum Gasteiger partial charge on any atom is 0.327 e. The zero-order valence-corrected chi connectivity index (χ0v) is 13.3. The van der Waals surface area contributed by atoms with Crippen molar-refractivity contribution >= 4 is 29.8 Å². The monoisotopic (exact) mass is 340 g/mol. The fourth-order valence-corrected chi connectivity index (χ4v) is 2.95. The summed E-state index contributed by atoms with van der Waals surface area (Å²) in [4.78, 5) is 59.2. The zero-order valence-electron chi connectivity index (χ0n) is 13.3. The Balaban J connectivity index is 1.94. The van der Waals surface area contributed by atoms with Crippen LogP contribution in [0.5, 0.6) is 0 Å². The van der Waals surface area contributed by atoms with Crippen LogP contribution in [0.2, 0.25) is 0 Å². The lowest BCUT2D eigenvalue weighted by molar-refractivity contribution is -0.156. The van der Waals surface area contributed by atoms with Gasteiger partial charge in [0.25, 0.3) is 11.8 Å². The molecule has 0 radical (unpaired) electrons. The summed E-state index contributed by atoms with van der Waals surface area (Å²) in [6.07, 6.45) is 2.46. The number of ether oxygens (including phenoxy) is 1. The van der Waals surface area contributed by atoms with Crippen LogP contribution in [0.25, 0.3) is 0 Å². The molecule has 2 fully saturated rings. The standard InChI is InChI=1S/C14H20N4O6/c1-8(10(20)16-12(15)22)24-9(19)7-18-11(21)14(17-13(18)23)5-3-2-4-6-14/h8H,2-7H2,1H3,(H,17,23)(H3,15,16,20,22). The second kappa shape index (κ2) is 6.85. The summed E-state index contributed by atoms with van der Waals surface area (Å²) in [6.45, 7) is 0.644. The number of hydrogen-bond donors (Lipinski definition) is 3. The molecule has 4 N–H and O–H groups in total. The third-order valence-corrected chi connectivity index (χ3v) is 4.16. The Labute approximate surface area is 138 Å². The summed E-state index contributed by atoms with van der Waals surface area (Å²) >= 11 is 0. The number of carbonyl (C=O) groups is 5. The van der Waals surface area contributed by atoms with Crippen LogP contribution in [0.3, 0.4) is 0 Å². The van der Waals surface area contributed by atoms with Crippen molar-refractivity contribution in [2.75, 3.05) is 6.54 Å². The van der Waals surface area contributed by atoms with Crippen molar-refractivity contribution in [3.8, 4) is 0 Å². The largest absolute Gasteiger partial charge is 0.451 e. The van der Waals surface area contributed by atoms with E-state index >= 15 is 0 Å². The van der Waals surface area contributed by atoms with Gasteiger partial charge in [0.15, 0.2) is 6.10 Å². The van der Waals surface area contributed by atoms with Crippen LogP contribution >= 0.6 is 0 Å². The molecule has 10 nitrogen and oxygen atoms in total. The van der Waals surface area contributed by atoms with Gasteiger partial charge in [0, 0.05) is 0 Å². The molecular weight excluding hydrogens is 320 g/mol. The van der Waals surface area contributed by atoms with Gasteiger partial charge in [0.1, 0.15) is 12.1 Å². The van der Waals surface area contributed by atoms with E-state index in [1.54, 1.807) is 5.32 Å². The smallest absolute Gasteiger partial charge is 0.327 e. The topological polar surface area (TPSA) is 148 Å². The SMILES string of the molecule is CC(OC(=O)CN1C(=O)NC2(CCCCC2)C1=O)C(=O)NC(N)=O. The Hall–Kier alpha value is -2.65. The van der Waals surface area contributed by atoms with Gasteiger partial charge < -0.3 is 15.8 Å². The summed E-state index contributed by atoms with van der Waals surface area (Å²) < 4.78 is 4.81. The van der Waals surface area contributed by atoms with Gasteiger partial charge in [0.05, 0.1) is 0 Å². The number of esters is 1. The van der Waals surface area contributed by atoms with Crippen LogP contribution in [0, 0.1) is 0 Å². The summed E-state index contributed by atoms with van der Waals surface area (Å²) in [5, 5.41) is 4.43. The third kappa shape index (κ3) is 3.63. The Morgan fingerprint density at radius 2 is 1.92 bits per heavy atom. The first-order chi connectivity index (χ1) is 11.2. The van der Waals surface area contributed by atoms with Gasteiger partial charge in [-0.1, -0.05) is 19.3 Å². The molecule has 2 rings (SSSR count). The predicted molar refractivity (Wildman–Crippen MR) is 79.3 cm³/mol. The fourth-order valence-electron chi connectivity index (χ4n) is 2.95. The number of nitrogens with zero attached hydrogens (tertiary/aromatic N) is 1. The van der Waals surface area contributed by atoms with Crippen LogP contribution in [0.4, 0.5) is 9.59 Å². The van der Waals surface area contributed by atoms with Crippen molar-refractivity contribution in [3.05, 3.63) is 0 Å². The van der Waals surface area contributed by atoms with Crippen molar-refractivity contribution in [3.63, 3.8) is 0 Å². The van der Waals surface area contributed by atoms with Gasteiger partial charge in [-0.05, 0) is 19.8 Å². The molecular formula is C14H20N4O6. The third-order valence-electron chi connectivity index (χ3n) is 4.16. The van der Waals surface area contributed by atoms with E-state index in [1.165, 1.54) is 6.92 Å². The van der Waals surface area contributed by atoms with Gasteiger partial charge in [0.2, 0.25) is 0 Å².